The second kappa shape index (κ2) is 68.8. The summed E-state index contributed by atoms with van der Waals surface area (Å²) in [4.78, 5) is 72.9. The van der Waals surface area contributed by atoms with Gasteiger partial charge in [0.2, 0.25) is 0 Å². The van der Waals surface area contributed by atoms with Crippen molar-refractivity contribution < 1.29 is 80.2 Å². The highest BCUT2D eigenvalue weighted by molar-refractivity contribution is 7.47. The lowest BCUT2D eigenvalue weighted by Crippen LogP contribution is -2.30. The van der Waals surface area contributed by atoms with Gasteiger partial charge in [-0.15, -0.1) is 0 Å². The summed E-state index contributed by atoms with van der Waals surface area (Å²) in [5, 5.41) is 10.6. The van der Waals surface area contributed by atoms with Crippen LogP contribution >= 0.6 is 15.6 Å². The van der Waals surface area contributed by atoms with Gasteiger partial charge in [-0.2, -0.15) is 0 Å². The van der Waals surface area contributed by atoms with Crippen LogP contribution in [0.3, 0.4) is 0 Å². The molecule has 17 nitrogen and oxygen atoms in total. The Morgan fingerprint density at radius 3 is 0.708 bits per heavy atom. The third kappa shape index (κ3) is 70.5. The van der Waals surface area contributed by atoms with E-state index in [1.807, 2.05) is 0 Å². The molecule has 0 aliphatic rings. The monoisotopic (exact) mass is 1410 g/mol. The topological polar surface area (TPSA) is 237 Å². The van der Waals surface area contributed by atoms with E-state index in [1.165, 1.54) is 218 Å². The van der Waals surface area contributed by atoms with Crippen LogP contribution in [0.15, 0.2) is 0 Å². The maximum atomic E-state index is 13.1. The van der Waals surface area contributed by atoms with Gasteiger partial charge in [0.15, 0.2) is 12.2 Å². The summed E-state index contributed by atoms with van der Waals surface area (Å²) in [7, 11) is -9.91. The quantitative estimate of drug-likeness (QED) is 0.0222. The molecule has 0 aromatic carbocycles. The predicted octanol–water partition coefficient (Wildman–Crippen LogP) is 22.7. The van der Waals surface area contributed by atoms with Crippen molar-refractivity contribution in [3.05, 3.63) is 0 Å². The fourth-order valence-electron chi connectivity index (χ4n) is 11.8. The number of unbranched alkanes of at least 4 members (excludes halogenated alkanes) is 46. The molecule has 0 aliphatic carbocycles. The van der Waals surface area contributed by atoms with Gasteiger partial charge in [-0.05, 0) is 37.5 Å². The highest BCUT2D eigenvalue weighted by atomic mass is 31.2. The van der Waals surface area contributed by atoms with Crippen molar-refractivity contribution in [3.63, 3.8) is 0 Å². The van der Waals surface area contributed by atoms with Gasteiger partial charge in [-0.3, -0.25) is 37.3 Å². The smallest absolute Gasteiger partial charge is 0.462 e. The number of phosphoric ester groups is 2. The first kappa shape index (κ1) is 94.1. The molecule has 19 heteroatoms. The SMILES string of the molecule is CCCCCCCCCCCCCCCCCCCC(=O)O[C@H](COC(=O)CCCCCCCCCCCCC(C)C)COP(=O)(O)OC[C@@H](O)COP(=O)(O)OC[C@@H](COC(=O)CCCCCCCCCCCCCCC)OC(=O)CCCCCCCCCCCCC(C)C. The largest absolute Gasteiger partial charge is 0.472 e. The van der Waals surface area contributed by atoms with Crippen LogP contribution < -0.4 is 0 Å². The molecule has 0 saturated heterocycles. The van der Waals surface area contributed by atoms with Gasteiger partial charge in [0, 0.05) is 25.7 Å². The summed E-state index contributed by atoms with van der Waals surface area (Å²) in [5.41, 5.74) is 0. The van der Waals surface area contributed by atoms with Crippen LogP contribution in [-0.2, 0) is 65.4 Å². The zero-order chi connectivity index (χ0) is 70.7. The molecular weight excluding hydrogens is 1260 g/mol. The Labute approximate surface area is 588 Å². The molecule has 96 heavy (non-hydrogen) atoms. The van der Waals surface area contributed by atoms with Gasteiger partial charge in [-0.1, -0.05) is 350 Å². The Kier molecular flexibility index (Phi) is 67.4. The number of hydrogen-bond donors (Lipinski definition) is 3. The lowest BCUT2D eigenvalue weighted by molar-refractivity contribution is -0.161. The Morgan fingerprint density at radius 1 is 0.281 bits per heavy atom. The first-order valence-corrected chi connectivity index (χ1v) is 43.0. The van der Waals surface area contributed by atoms with E-state index >= 15 is 0 Å². The van der Waals surface area contributed by atoms with Crippen molar-refractivity contribution in [1.82, 2.24) is 0 Å². The van der Waals surface area contributed by atoms with E-state index in [9.17, 15) is 43.2 Å². The van der Waals surface area contributed by atoms with Crippen molar-refractivity contribution in [1.29, 1.82) is 0 Å². The van der Waals surface area contributed by atoms with Gasteiger partial charge in [0.25, 0.3) is 0 Å². The Morgan fingerprint density at radius 2 is 0.479 bits per heavy atom. The van der Waals surface area contributed by atoms with Crippen molar-refractivity contribution in [2.75, 3.05) is 39.6 Å². The summed E-state index contributed by atoms with van der Waals surface area (Å²) in [6, 6.07) is 0. The lowest BCUT2D eigenvalue weighted by Gasteiger charge is -2.21. The maximum absolute atomic E-state index is 13.1. The minimum Gasteiger partial charge on any atom is -0.462 e. The summed E-state index contributed by atoms with van der Waals surface area (Å²) in [6.07, 6.45) is 56.7. The Balaban J connectivity index is 5.26. The second-order valence-corrected chi connectivity index (χ2v) is 31.6. The average Bonchev–Trinajstić information content (AvgIpc) is 1.14. The number of carbonyl (C=O) groups is 4. The van der Waals surface area contributed by atoms with Gasteiger partial charge < -0.3 is 33.8 Å². The number of esters is 4. The van der Waals surface area contributed by atoms with Crippen LogP contribution in [0.2, 0.25) is 0 Å². The third-order valence-corrected chi connectivity index (χ3v) is 19.9. The summed E-state index contributed by atoms with van der Waals surface area (Å²) >= 11 is 0. The van der Waals surface area contributed by atoms with E-state index in [2.05, 4.69) is 41.5 Å². The normalized spacial score (nSPS) is 14.0. The highest BCUT2D eigenvalue weighted by Crippen LogP contribution is 2.45. The first-order chi connectivity index (χ1) is 46.4. The number of aliphatic hydroxyl groups is 1. The van der Waals surface area contributed by atoms with Crippen molar-refractivity contribution >= 4 is 39.5 Å². The highest BCUT2D eigenvalue weighted by Gasteiger charge is 2.30. The number of aliphatic hydroxyl groups excluding tert-OH is 1. The van der Waals surface area contributed by atoms with E-state index in [0.717, 1.165) is 102 Å². The minimum atomic E-state index is -4.96. The van der Waals surface area contributed by atoms with Crippen LogP contribution in [0.1, 0.15) is 401 Å². The van der Waals surface area contributed by atoms with Gasteiger partial charge in [0.05, 0.1) is 26.4 Å². The molecule has 570 valence electrons. The zero-order valence-corrected chi connectivity index (χ0v) is 64.5. The molecule has 2 unspecified atom stereocenters. The van der Waals surface area contributed by atoms with E-state index in [1.54, 1.807) is 0 Å². The summed E-state index contributed by atoms with van der Waals surface area (Å²) in [5.74, 6) is -0.601. The summed E-state index contributed by atoms with van der Waals surface area (Å²) in [6.45, 7) is 9.60. The van der Waals surface area contributed by atoms with E-state index in [4.69, 9.17) is 37.0 Å². The molecule has 5 atom stereocenters. The molecule has 0 radical (unpaired) electrons. The standard InChI is InChI=1S/C77H150O17P2/c1-7-9-11-13-15-17-19-21-22-23-24-26-28-37-43-49-55-61-76(81)93-72(66-88-75(80)60-54-48-42-36-31-29-33-39-45-51-57-69(3)4)67-91-95(83,84)89-63-71(78)64-90-96(85,86)92-68-73(94-77(82)62-56-50-44-38-32-30-34-40-46-52-58-70(5)6)65-87-74(79)59-53-47-41-35-27-25-20-18-16-14-12-10-8-2/h69-73,78H,7-68H2,1-6H3,(H,83,84)(H,85,86)/t71-,72-,73-/m1/s1. The van der Waals surface area contributed by atoms with Crippen LogP contribution in [-0.4, -0.2) is 96.7 Å². The molecular formula is C77H150O17P2. The zero-order valence-electron chi connectivity index (χ0n) is 62.7. The molecule has 0 fully saturated rings. The second-order valence-electron chi connectivity index (χ2n) is 28.7. The van der Waals surface area contributed by atoms with E-state index in [-0.39, 0.29) is 25.7 Å². The Hall–Kier alpha value is -1.94. The Bertz CT molecular complexity index is 1860. The molecule has 0 amide bonds. The fraction of sp³-hybridized carbons (Fsp3) is 0.948. The fourth-order valence-corrected chi connectivity index (χ4v) is 13.4. The number of rotatable bonds is 76. The van der Waals surface area contributed by atoms with Crippen molar-refractivity contribution in [2.45, 2.75) is 419 Å². The summed E-state index contributed by atoms with van der Waals surface area (Å²) < 4.78 is 68.6. The number of hydrogen-bond acceptors (Lipinski definition) is 15. The molecule has 0 rings (SSSR count). The van der Waals surface area contributed by atoms with E-state index in [0.29, 0.717) is 25.7 Å². The molecule has 0 saturated carbocycles. The van der Waals surface area contributed by atoms with Gasteiger partial charge in [0.1, 0.15) is 19.3 Å². The van der Waals surface area contributed by atoms with Crippen molar-refractivity contribution in [3.8, 4) is 0 Å². The first-order valence-electron chi connectivity index (χ1n) is 40.0. The maximum Gasteiger partial charge on any atom is 0.472 e. The molecule has 0 heterocycles. The van der Waals surface area contributed by atoms with Crippen LogP contribution in [0, 0.1) is 11.8 Å². The van der Waals surface area contributed by atoms with Gasteiger partial charge in [-0.25, -0.2) is 9.13 Å². The molecule has 0 spiro atoms. The van der Waals surface area contributed by atoms with Crippen molar-refractivity contribution in [2.24, 2.45) is 11.8 Å². The lowest BCUT2D eigenvalue weighted by atomic mass is 10.0. The van der Waals surface area contributed by atoms with Crippen LogP contribution in [0.4, 0.5) is 0 Å². The van der Waals surface area contributed by atoms with E-state index < -0.39 is 97.5 Å². The molecule has 0 aromatic heterocycles. The molecule has 3 N–H and O–H groups in total. The average molecular weight is 1410 g/mol. The minimum absolute atomic E-state index is 0.106. The number of ether oxygens (including phenoxy) is 4. The van der Waals surface area contributed by atoms with Crippen LogP contribution in [0.25, 0.3) is 0 Å². The number of phosphoric acid groups is 2. The number of carbonyl (C=O) groups excluding carboxylic acids is 4. The third-order valence-electron chi connectivity index (χ3n) is 18.0. The van der Waals surface area contributed by atoms with Gasteiger partial charge >= 0.3 is 39.5 Å². The molecule has 0 aromatic rings. The van der Waals surface area contributed by atoms with Crippen LogP contribution in [0.5, 0.6) is 0 Å². The predicted molar refractivity (Wildman–Crippen MR) is 391 cm³/mol. The molecule has 0 aliphatic heterocycles. The molecule has 0 bridgehead atoms.